The van der Waals surface area contributed by atoms with Gasteiger partial charge >= 0.3 is 0 Å². The Labute approximate surface area is 96.0 Å². The molecule has 0 saturated carbocycles. The second-order valence-corrected chi connectivity index (χ2v) is 4.19. The zero-order valence-corrected chi connectivity index (χ0v) is 10.1. The van der Waals surface area contributed by atoms with Crippen LogP contribution in [0, 0.1) is 6.92 Å². The van der Waals surface area contributed by atoms with Crippen molar-refractivity contribution in [3.63, 3.8) is 0 Å². The number of H-pyrrole nitrogens is 1. The number of amides is 1. The molecule has 1 rings (SSSR count). The van der Waals surface area contributed by atoms with Gasteiger partial charge in [0, 0.05) is 18.0 Å². The number of hydrogen-bond donors (Lipinski definition) is 3. The summed E-state index contributed by atoms with van der Waals surface area (Å²) in [5.41, 5.74) is 0.952. The first-order chi connectivity index (χ1) is 7.59. The zero-order valence-electron chi connectivity index (χ0n) is 10.1. The fourth-order valence-electron chi connectivity index (χ4n) is 1.31. The van der Waals surface area contributed by atoms with Crippen LogP contribution in [0.5, 0.6) is 0 Å². The first kappa shape index (κ1) is 12.7. The Morgan fingerprint density at radius 3 is 2.88 bits per heavy atom. The summed E-state index contributed by atoms with van der Waals surface area (Å²) in [6.45, 7) is 6.95. The molecule has 0 saturated heterocycles. The number of carbonyl (C=O) groups excluding carboxylic acids is 1. The molecule has 5 nitrogen and oxygen atoms in total. The van der Waals surface area contributed by atoms with Crippen molar-refractivity contribution < 1.29 is 4.79 Å². The van der Waals surface area contributed by atoms with Crippen LogP contribution in [0.3, 0.4) is 0 Å². The number of aromatic nitrogens is 2. The fraction of sp³-hybridized carbons (Fsp3) is 0.636. The Morgan fingerprint density at radius 1 is 1.56 bits per heavy atom. The molecule has 16 heavy (non-hydrogen) atoms. The molecule has 0 spiro atoms. The third-order valence-corrected chi connectivity index (χ3v) is 2.23. The van der Waals surface area contributed by atoms with Crippen molar-refractivity contribution in [1.29, 1.82) is 0 Å². The van der Waals surface area contributed by atoms with Crippen LogP contribution in [0.25, 0.3) is 0 Å². The van der Waals surface area contributed by atoms with Gasteiger partial charge in [-0.05, 0) is 19.9 Å². The number of nitrogens with one attached hydrogen (secondary N) is 3. The highest BCUT2D eigenvalue weighted by atomic mass is 16.1. The quantitative estimate of drug-likeness (QED) is 0.640. The molecule has 0 aliphatic heterocycles. The molecule has 0 aliphatic carbocycles. The van der Waals surface area contributed by atoms with Crippen LogP contribution in [-0.2, 0) is 4.79 Å². The Morgan fingerprint density at radius 2 is 2.31 bits per heavy atom. The molecule has 5 heteroatoms. The van der Waals surface area contributed by atoms with Crippen LogP contribution < -0.4 is 10.6 Å². The van der Waals surface area contributed by atoms with E-state index in [1.807, 2.05) is 6.92 Å². The topological polar surface area (TPSA) is 69.8 Å². The van der Waals surface area contributed by atoms with Crippen molar-refractivity contribution in [2.75, 3.05) is 11.9 Å². The van der Waals surface area contributed by atoms with Gasteiger partial charge in [0.1, 0.15) is 5.82 Å². The molecular weight excluding hydrogens is 204 g/mol. The van der Waals surface area contributed by atoms with Gasteiger partial charge in [0.15, 0.2) is 0 Å². The highest BCUT2D eigenvalue weighted by molar-refractivity contribution is 5.90. The van der Waals surface area contributed by atoms with Crippen molar-refractivity contribution in [2.45, 2.75) is 39.7 Å². The lowest BCUT2D eigenvalue weighted by Gasteiger charge is -2.07. The average molecular weight is 224 g/mol. The van der Waals surface area contributed by atoms with Gasteiger partial charge in [-0.3, -0.25) is 9.89 Å². The Bertz CT molecular complexity index is 332. The van der Waals surface area contributed by atoms with Crippen molar-refractivity contribution in [2.24, 2.45) is 0 Å². The predicted molar refractivity (Wildman–Crippen MR) is 64.3 cm³/mol. The molecule has 0 aliphatic rings. The highest BCUT2D eigenvalue weighted by Gasteiger charge is 2.05. The molecule has 0 radical (unpaired) electrons. The molecule has 1 aromatic rings. The third kappa shape index (κ3) is 4.44. The standard InChI is InChI=1S/C11H20N4O/c1-8(2)12-6-4-5-10(16)14-11-9(3)7-13-15-11/h7-8,12H,4-6H2,1-3H3,(H2,13,14,15,16). The summed E-state index contributed by atoms with van der Waals surface area (Å²) >= 11 is 0. The van der Waals surface area contributed by atoms with E-state index in [4.69, 9.17) is 0 Å². The summed E-state index contributed by atoms with van der Waals surface area (Å²) < 4.78 is 0. The van der Waals surface area contributed by atoms with E-state index >= 15 is 0 Å². The summed E-state index contributed by atoms with van der Waals surface area (Å²) in [7, 11) is 0. The largest absolute Gasteiger partial charge is 0.315 e. The normalized spacial score (nSPS) is 10.8. The molecule has 90 valence electrons. The Hall–Kier alpha value is -1.36. The van der Waals surface area contributed by atoms with Gasteiger partial charge < -0.3 is 10.6 Å². The van der Waals surface area contributed by atoms with Crippen LogP contribution >= 0.6 is 0 Å². The minimum atomic E-state index is 0.0258. The average Bonchev–Trinajstić information content (AvgIpc) is 2.59. The van der Waals surface area contributed by atoms with E-state index < -0.39 is 0 Å². The minimum Gasteiger partial charge on any atom is -0.315 e. The third-order valence-electron chi connectivity index (χ3n) is 2.23. The lowest BCUT2D eigenvalue weighted by atomic mass is 10.2. The molecular formula is C11H20N4O. The van der Waals surface area contributed by atoms with Crippen molar-refractivity contribution in [3.8, 4) is 0 Å². The van der Waals surface area contributed by atoms with Gasteiger partial charge in [-0.1, -0.05) is 13.8 Å². The first-order valence-corrected chi connectivity index (χ1v) is 5.63. The second-order valence-electron chi connectivity index (χ2n) is 4.19. The van der Waals surface area contributed by atoms with E-state index in [1.165, 1.54) is 0 Å². The minimum absolute atomic E-state index is 0.0258. The molecule has 0 aromatic carbocycles. The van der Waals surface area contributed by atoms with E-state index in [0.29, 0.717) is 18.3 Å². The lowest BCUT2D eigenvalue weighted by molar-refractivity contribution is -0.116. The molecule has 1 amide bonds. The Balaban J connectivity index is 2.19. The maximum absolute atomic E-state index is 11.5. The van der Waals surface area contributed by atoms with E-state index in [1.54, 1.807) is 6.20 Å². The lowest BCUT2D eigenvalue weighted by Crippen LogP contribution is -2.24. The van der Waals surface area contributed by atoms with Crippen LogP contribution in [0.1, 0.15) is 32.3 Å². The van der Waals surface area contributed by atoms with Crippen molar-refractivity contribution >= 4 is 11.7 Å². The molecule has 0 unspecified atom stereocenters. The molecule has 1 heterocycles. The number of rotatable bonds is 6. The summed E-state index contributed by atoms with van der Waals surface area (Å²) in [5.74, 6) is 0.722. The van der Waals surface area contributed by atoms with E-state index in [0.717, 1.165) is 18.5 Å². The Kier molecular flexibility index (Phi) is 4.98. The number of hydrogen-bond acceptors (Lipinski definition) is 3. The summed E-state index contributed by atoms with van der Waals surface area (Å²) in [6, 6.07) is 0.470. The molecule has 0 bridgehead atoms. The second kappa shape index (κ2) is 6.27. The maximum atomic E-state index is 11.5. The molecule has 0 fully saturated rings. The maximum Gasteiger partial charge on any atom is 0.225 e. The van der Waals surface area contributed by atoms with E-state index in [9.17, 15) is 4.79 Å². The van der Waals surface area contributed by atoms with Gasteiger partial charge in [0.25, 0.3) is 0 Å². The van der Waals surface area contributed by atoms with Gasteiger partial charge in [-0.2, -0.15) is 5.10 Å². The number of nitrogens with zero attached hydrogens (tertiary/aromatic N) is 1. The zero-order chi connectivity index (χ0) is 12.0. The van der Waals surface area contributed by atoms with Crippen LogP contribution in [0.4, 0.5) is 5.82 Å². The van der Waals surface area contributed by atoms with E-state index in [-0.39, 0.29) is 5.91 Å². The monoisotopic (exact) mass is 224 g/mol. The SMILES string of the molecule is Cc1cn[nH]c1NC(=O)CCCNC(C)C. The number of aromatic amines is 1. The van der Waals surface area contributed by atoms with Crippen LogP contribution in [0.2, 0.25) is 0 Å². The number of anilines is 1. The highest BCUT2D eigenvalue weighted by Crippen LogP contribution is 2.08. The van der Waals surface area contributed by atoms with Crippen molar-refractivity contribution in [3.05, 3.63) is 11.8 Å². The molecule has 3 N–H and O–H groups in total. The number of carbonyl (C=O) groups is 1. The number of aryl methyl sites for hydroxylation is 1. The summed E-state index contributed by atoms with van der Waals surface area (Å²) in [5, 5.41) is 12.7. The molecule has 0 atom stereocenters. The van der Waals surface area contributed by atoms with E-state index in [2.05, 4.69) is 34.7 Å². The van der Waals surface area contributed by atoms with Crippen LogP contribution in [0.15, 0.2) is 6.20 Å². The van der Waals surface area contributed by atoms with Crippen molar-refractivity contribution in [1.82, 2.24) is 15.5 Å². The van der Waals surface area contributed by atoms with Gasteiger partial charge in [0.2, 0.25) is 5.91 Å². The van der Waals surface area contributed by atoms with Crippen LogP contribution in [-0.4, -0.2) is 28.7 Å². The van der Waals surface area contributed by atoms with Gasteiger partial charge in [-0.25, -0.2) is 0 Å². The smallest absolute Gasteiger partial charge is 0.225 e. The van der Waals surface area contributed by atoms with Gasteiger partial charge in [0.05, 0.1) is 6.20 Å². The summed E-state index contributed by atoms with van der Waals surface area (Å²) in [6.07, 6.45) is 3.06. The first-order valence-electron chi connectivity index (χ1n) is 5.63. The molecule has 1 aromatic heterocycles. The van der Waals surface area contributed by atoms with Gasteiger partial charge in [-0.15, -0.1) is 0 Å². The fourth-order valence-corrected chi connectivity index (χ4v) is 1.31. The predicted octanol–water partition coefficient (Wildman–Crippen LogP) is 1.43. The summed E-state index contributed by atoms with van der Waals surface area (Å²) in [4.78, 5) is 11.5.